The fourth-order valence-corrected chi connectivity index (χ4v) is 3.43. The number of hydrogen-bond acceptors (Lipinski definition) is 4. The van der Waals surface area contributed by atoms with Crippen molar-refractivity contribution in [1.82, 2.24) is 19.7 Å². The van der Waals surface area contributed by atoms with Gasteiger partial charge in [0.1, 0.15) is 0 Å². The Labute approximate surface area is 143 Å². The maximum atomic E-state index is 6.02. The normalized spacial score (nSPS) is 21.0. The summed E-state index contributed by atoms with van der Waals surface area (Å²) in [5.41, 5.74) is 3.71. The number of hydrogen-bond donors (Lipinski definition) is 0. The van der Waals surface area contributed by atoms with Crippen molar-refractivity contribution in [3.05, 3.63) is 47.5 Å². The van der Waals surface area contributed by atoms with E-state index in [-0.39, 0.29) is 0 Å². The first kappa shape index (κ1) is 15.8. The molecule has 4 rings (SSSR count). The topological polar surface area (TPSA) is 43.2 Å². The molecule has 2 aromatic heterocycles. The van der Waals surface area contributed by atoms with Gasteiger partial charge in [-0.3, -0.25) is 14.6 Å². The molecular weight excluding hydrogens is 300 g/mol. The lowest BCUT2D eigenvalue weighted by atomic mass is 9.95. The molecule has 5 heteroatoms. The standard InChI is InChI=1S/C19H26N4O/c1-2-23-11-18-16(14-24-13-15-6-7-15)9-22(12-19(18)21-23)10-17-5-3-4-8-20-17/h3-5,8,11,15-16H,2,6-7,9-10,12-14H2,1H3/t16-/m1/s1. The van der Waals surface area contributed by atoms with Crippen LogP contribution in [0.4, 0.5) is 0 Å². The third kappa shape index (κ3) is 3.68. The second-order valence-electron chi connectivity index (χ2n) is 7.06. The minimum atomic E-state index is 0.413. The van der Waals surface area contributed by atoms with Gasteiger partial charge in [0.2, 0.25) is 0 Å². The molecule has 24 heavy (non-hydrogen) atoms. The Kier molecular flexibility index (Phi) is 4.63. The van der Waals surface area contributed by atoms with E-state index in [9.17, 15) is 0 Å². The zero-order valence-electron chi connectivity index (χ0n) is 14.4. The maximum Gasteiger partial charge on any atom is 0.0801 e. The van der Waals surface area contributed by atoms with Crippen molar-refractivity contribution < 1.29 is 4.74 Å². The van der Waals surface area contributed by atoms with Gasteiger partial charge in [-0.25, -0.2) is 0 Å². The SMILES string of the molecule is CCn1cc2c(n1)CN(Cc1ccccn1)C[C@@H]2COCC1CC1. The highest BCUT2D eigenvalue weighted by Gasteiger charge is 2.29. The predicted molar refractivity (Wildman–Crippen MR) is 92.5 cm³/mol. The highest BCUT2D eigenvalue weighted by atomic mass is 16.5. The van der Waals surface area contributed by atoms with Crippen LogP contribution < -0.4 is 0 Å². The molecule has 1 aliphatic carbocycles. The fraction of sp³-hybridized carbons (Fsp3) is 0.579. The number of nitrogens with zero attached hydrogens (tertiary/aromatic N) is 4. The van der Waals surface area contributed by atoms with Crippen molar-refractivity contribution in [3.8, 4) is 0 Å². The van der Waals surface area contributed by atoms with E-state index in [1.54, 1.807) is 0 Å². The summed E-state index contributed by atoms with van der Waals surface area (Å²) in [4.78, 5) is 6.92. The Bertz CT molecular complexity index is 665. The zero-order chi connectivity index (χ0) is 16.4. The van der Waals surface area contributed by atoms with Gasteiger partial charge in [-0.05, 0) is 37.8 Å². The molecule has 0 N–H and O–H groups in total. The van der Waals surface area contributed by atoms with E-state index in [2.05, 4.69) is 39.8 Å². The number of aryl methyl sites for hydroxylation is 1. The molecular formula is C19H26N4O. The van der Waals surface area contributed by atoms with Gasteiger partial charge in [-0.2, -0.15) is 5.10 Å². The Balaban J connectivity index is 1.47. The Hall–Kier alpha value is -1.72. The average Bonchev–Trinajstić information content (AvgIpc) is 3.32. The van der Waals surface area contributed by atoms with E-state index in [4.69, 9.17) is 9.84 Å². The highest BCUT2D eigenvalue weighted by Crippen LogP contribution is 2.31. The predicted octanol–water partition coefficient (Wildman–Crippen LogP) is 2.82. The van der Waals surface area contributed by atoms with E-state index in [0.717, 1.165) is 51.0 Å². The van der Waals surface area contributed by atoms with Crippen molar-refractivity contribution in [2.45, 2.75) is 45.3 Å². The second-order valence-corrected chi connectivity index (χ2v) is 7.06. The molecule has 1 fully saturated rings. The molecule has 0 unspecified atom stereocenters. The number of fused-ring (bicyclic) bond motifs is 1. The Morgan fingerprint density at radius 1 is 1.25 bits per heavy atom. The second kappa shape index (κ2) is 7.03. The van der Waals surface area contributed by atoms with E-state index >= 15 is 0 Å². The summed E-state index contributed by atoms with van der Waals surface area (Å²) in [6.07, 6.45) is 6.77. The van der Waals surface area contributed by atoms with Gasteiger partial charge in [-0.15, -0.1) is 0 Å². The van der Waals surface area contributed by atoms with Crippen LogP contribution in [0.3, 0.4) is 0 Å². The molecule has 0 radical (unpaired) electrons. The van der Waals surface area contributed by atoms with Crippen LogP contribution in [0.1, 0.15) is 42.6 Å². The third-order valence-electron chi connectivity index (χ3n) is 4.97. The number of ether oxygens (including phenoxy) is 1. The molecule has 0 bridgehead atoms. The summed E-state index contributed by atoms with van der Waals surface area (Å²) in [7, 11) is 0. The molecule has 128 valence electrons. The Morgan fingerprint density at radius 2 is 2.17 bits per heavy atom. The number of pyridine rings is 1. The first-order valence-electron chi connectivity index (χ1n) is 9.08. The van der Waals surface area contributed by atoms with E-state index in [0.29, 0.717) is 5.92 Å². The van der Waals surface area contributed by atoms with Crippen LogP contribution in [-0.2, 0) is 24.4 Å². The summed E-state index contributed by atoms with van der Waals surface area (Å²) >= 11 is 0. The largest absolute Gasteiger partial charge is 0.380 e. The molecule has 3 heterocycles. The molecule has 0 spiro atoms. The highest BCUT2D eigenvalue weighted by molar-refractivity contribution is 5.25. The van der Waals surface area contributed by atoms with E-state index in [1.165, 1.54) is 24.1 Å². The van der Waals surface area contributed by atoms with Crippen molar-refractivity contribution in [1.29, 1.82) is 0 Å². The van der Waals surface area contributed by atoms with Crippen LogP contribution in [0.15, 0.2) is 30.6 Å². The monoisotopic (exact) mass is 326 g/mol. The fourth-order valence-electron chi connectivity index (χ4n) is 3.43. The van der Waals surface area contributed by atoms with Crippen molar-refractivity contribution in [2.24, 2.45) is 5.92 Å². The van der Waals surface area contributed by atoms with Crippen molar-refractivity contribution in [2.75, 3.05) is 19.8 Å². The lowest BCUT2D eigenvalue weighted by Gasteiger charge is -2.31. The molecule has 0 aromatic carbocycles. The minimum absolute atomic E-state index is 0.413. The zero-order valence-corrected chi connectivity index (χ0v) is 14.4. The van der Waals surface area contributed by atoms with Gasteiger partial charge in [0.15, 0.2) is 0 Å². The van der Waals surface area contributed by atoms with Crippen LogP contribution in [0.25, 0.3) is 0 Å². The minimum Gasteiger partial charge on any atom is -0.380 e. The quantitative estimate of drug-likeness (QED) is 0.785. The van der Waals surface area contributed by atoms with Crippen LogP contribution in [0.2, 0.25) is 0 Å². The van der Waals surface area contributed by atoms with Crippen LogP contribution in [0.5, 0.6) is 0 Å². The van der Waals surface area contributed by atoms with E-state index < -0.39 is 0 Å². The smallest absolute Gasteiger partial charge is 0.0801 e. The van der Waals surface area contributed by atoms with Crippen LogP contribution in [-0.4, -0.2) is 39.4 Å². The summed E-state index contributed by atoms with van der Waals surface area (Å²) in [6, 6.07) is 6.12. The number of rotatable bonds is 7. The summed E-state index contributed by atoms with van der Waals surface area (Å²) in [5, 5.41) is 4.77. The first-order chi connectivity index (χ1) is 11.8. The summed E-state index contributed by atoms with van der Waals surface area (Å²) in [6.45, 7) is 7.58. The number of aromatic nitrogens is 3. The van der Waals surface area contributed by atoms with Crippen molar-refractivity contribution >= 4 is 0 Å². The molecule has 1 aliphatic heterocycles. The molecule has 0 amide bonds. The summed E-state index contributed by atoms with van der Waals surface area (Å²) in [5.74, 6) is 1.23. The van der Waals surface area contributed by atoms with Gasteiger partial charge < -0.3 is 4.74 Å². The lowest BCUT2D eigenvalue weighted by molar-refractivity contribution is 0.0887. The molecule has 1 saturated carbocycles. The molecule has 5 nitrogen and oxygen atoms in total. The lowest BCUT2D eigenvalue weighted by Crippen LogP contribution is -2.35. The van der Waals surface area contributed by atoms with Gasteiger partial charge >= 0.3 is 0 Å². The molecule has 2 aliphatic rings. The van der Waals surface area contributed by atoms with Gasteiger partial charge in [0.05, 0.1) is 18.0 Å². The molecule has 0 saturated heterocycles. The molecule has 1 atom stereocenters. The first-order valence-corrected chi connectivity index (χ1v) is 9.08. The van der Waals surface area contributed by atoms with Crippen LogP contribution >= 0.6 is 0 Å². The molecule has 2 aromatic rings. The summed E-state index contributed by atoms with van der Waals surface area (Å²) < 4.78 is 8.07. The van der Waals surface area contributed by atoms with E-state index in [1.807, 2.05) is 12.3 Å². The van der Waals surface area contributed by atoms with Gasteiger partial charge in [-0.1, -0.05) is 6.07 Å². The average molecular weight is 326 g/mol. The Morgan fingerprint density at radius 3 is 2.92 bits per heavy atom. The maximum absolute atomic E-state index is 6.02. The van der Waals surface area contributed by atoms with Crippen LogP contribution in [0, 0.1) is 5.92 Å². The van der Waals surface area contributed by atoms with Gasteiger partial charge in [0.25, 0.3) is 0 Å². The van der Waals surface area contributed by atoms with Crippen molar-refractivity contribution in [3.63, 3.8) is 0 Å². The van der Waals surface area contributed by atoms with Gasteiger partial charge in [0, 0.05) is 56.7 Å². The third-order valence-corrected chi connectivity index (χ3v) is 4.97.